The summed E-state index contributed by atoms with van der Waals surface area (Å²) in [5.74, 6) is 0.188. The first-order valence-electron chi connectivity index (χ1n) is 6.27. The highest BCUT2D eigenvalue weighted by atomic mass is 19.1. The van der Waals surface area contributed by atoms with E-state index in [1.807, 2.05) is 0 Å². The SMILES string of the molecule is CC1CCC(C)C(Nc2cc(F)cc(F)c2)C1. The Labute approximate surface area is 101 Å². The summed E-state index contributed by atoms with van der Waals surface area (Å²) in [6, 6.07) is 3.93. The van der Waals surface area contributed by atoms with Crippen molar-refractivity contribution >= 4 is 5.69 Å². The van der Waals surface area contributed by atoms with Crippen molar-refractivity contribution in [1.29, 1.82) is 0 Å². The third-order valence-corrected chi connectivity index (χ3v) is 3.67. The van der Waals surface area contributed by atoms with Crippen molar-refractivity contribution in [3.8, 4) is 0 Å². The van der Waals surface area contributed by atoms with Crippen LogP contribution in [0.3, 0.4) is 0 Å². The molecular weight excluding hydrogens is 220 g/mol. The third kappa shape index (κ3) is 3.18. The molecule has 0 aliphatic heterocycles. The number of hydrogen-bond acceptors (Lipinski definition) is 1. The van der Waals surface area contributed by atoms with Crippen LogP contribution in [0.4, 0.5) is 14.5 Å². The summed E-state index contributed by atoms with van der Waals surface area (Å²) in [5.41, 5.74) is 0.549. The molecule has 94 valence electrons. The molecule has 0 radical (unpaired) electrons. The van der Waals surface area contributed by atoms with Gasteiger partial charge in [0, 0.05) is 17.8 Å². The second-order valence-electron chi connectivity index (χ2n) is 5.30. The van der Waals surface area contributed by atoms with E-state index in [4.69, 9.17) is 0 Å². The van der Waals surface area contributed by atoms with Gasteiger partial charge in [0.25, 0.3) is 0 Å². The molecule has 1 saturated carbocycles. The fourth-order valence-electron chi connectivity index (χ4n) is 2.58. The minimum Gasteiger partial charge on any atom is -0.382 e. The highest BCUT2D eigenvalue weighted by molar-refractivity contribution is 5.44. The highest BCUT2D eigenvalue weighted by Gasteiger charge is 2.25. The molecule has 0 heterocycles. The molecule has 2 rings (SSSR count). The van der Waals surface area contributed by atoms with E-state index in [0.717, 1.165) is 12.5 Å². The first kappa shape index (κ1) is 12.3. The van der Waals surface area contributed by atoms with Crippen molar-refractivity contribution < 1.29 is 8.78 Å². The quantitative estimate of drug-likeness (QED) is 0.815. The number of rotatable bonds is 2. The van der Waals surface area contributed by atoms with Crippen LogP contribution >= 0.6 is 0 Å². The number of hydrogen-bond donors (Lipinski definition) is 1. The molecule has 0 spiro atoms. The molecule has 1 aliphatic carbocycles. The smallest absolute Gasteiger partial charge is 0.128 e. The Morgan fingerprint density at radius 2 is 1.71 bits per heavy atom. The Hall–Kier alpha value is -1.12. The molecule has 1 aliphatic rings. The number of benzene rings is 1. The molecule has 17 heavy (non-hydrogen) atoms. The Bertz CT molecular complexity index is 372. The molecule has 3 atom stereocenters. The monoisotopic (exact) mass is 239 g/mol. The first-order chi connectivity index (χ1) is 8.04. The third-order valence-electron chi connectivity index (χ3n) is 3.67. The van der Waals surface area contributed by atoms with Crippen LogP contribution in [0.2, 0.25) is 0 Å². The van der Waals surface area contributed by atoms with Crippen molar-refractivity contribution in [2.75, 3.05) is 5.32 Å². The molecule has 1 N–H and O–H groups in total. The Morgan fingerprint density at radius 1 is 1.06 bits per heavy atom. The maximum atomic E-state index is 13.1. The summed E-state index contributed by atoms with van der Waals surface area (Å²) < 4.78 is 26.2. The molecule has 3 heteroatoms. The predicted molar refractivity (Wildman–Crippen MR) is 65.9 cm³/mol. The zero-order valence-electron chi connectivity index (χ0n) is 10.3. The van der Waals surface area contributed by atoms with E-state index in [-0.39, 0.29) is 0 Å². The van der Waals surface area contributed by atoms with Crippen molar-refractivity contribution in [3.05, 3.63) is 29.8 Å². The maximum Gasteiger partial charge on any atom is 0.128 e. The van der Waals surface area contributed by atoms with E-state index in [1.165, 1.54) is 25.0 Å². The molecule has 1 aromatic rings. The molecule has 0 saturated heterocycles. The summed E-state index contributed by atoms with van der Waals surface area (Å²) >= 11 is 0. The minimum atomic E-state index is -0.524. The number of nitrogens with one attached hydrogen (secondary N) is 1. The van der Waals surface area contributed by atoms with Crippen LogP contribution in [0.25, 0.3) is 0 Å². The van der Waals surface area contributed by atoms with E-state index >= 15 is 0 Å². The lowest BCUT2D eigenvalue weighted by molar-refractivity contribution is 0.280. The topological polar surface area (TPSA) is 12.0 Å². The van der Waals surface area contributed by atoms with Crippen LogP contribution in [0, 0.1) is 23.5 Å². The van der Waals surface area contributed by atoms with Gasteiger partial charge in [-0.25, -0.2) is 8.78 Å². The molecule has 1 nitrogen and oxygen atoms in total. The Kier molecular flexibility index (Phi) is 3.65. The first-order valence-corrected chi connectivity index (χ1v) is 6.27. The van der Waals surface area contributed by atoms with Crippen molar-refractivity contribution in [2.45, 2.75) is 39.2 Å². The average molecular weight is 239 g/mol. The van der Waals surface area contributed by atoms with Crippen LogP contribution in [-0.2, 0) is 0 Å². The van der Waals surface area contributed by atoms with Gasteiger partial charge in [0.15, 0.2) is 0 Å². The van der Waals surface area contributed by atoms with Gasteiger partial charge in [-0.05, 0) is 36.8 Å². The van der Waals surface area contributed by atoms with Crippen LogP contribution < -0.4 is 5.32 Å². The van der Waals surface area contributed by atoms with Crippen LogP contribution in [0.1, 0.15) is 33.1 Å². The molecular formula is C14H19F2N. The molecule has 0 bridgehead atoms. The zero-order chi connectivity index (χ0) is 12.4. The lowest BCUT2D eigenvalue weighted by atomic mass is 9.80. The minimum absolute atomic E-state index is 0.319. The Morgan fingerprint density at radius 3 is 2.35 bits per heavy atom. The number of anilines is 1. The Balaban J connectivity index is 2.08. The van der Waals surface area contributed by atoms with Gasteiger partial charge in [-0.3, -0.25) is 0 Å². The predicted octanol–water partition coefficient (Wildman–Crippen LogP) is 4.20. The second-order valence-corrected chi connectivity index (χ2v) is 5.30. The van der Waals surface area contributed by atoms with Gasteiger partial charge in [0.2, 0.25) is 0 Å². The molecule has 1 fully saturated rings. The fraction of sp³-hybridized carbons (Fsp3) is 0.571. The van der Waals surface area contributed by atoms with Gasteiger partial charge in [-0.15, -0.1) is 0 Å². The van der Waals surface area contributed by atoms with Crippen molar-refractivity contribution in [3.63, 3.8) is 0 Å². The lowest BCUT2D eigenvalue weighted by Gasteiger charge is -2.34. The summed E-state index contributed by atoms with van der Waals surface area (Å²) in [6.45, 7) is 4.42. The van der Waals surface area contributed by atoms with Gasteiger partial charge in [-0.1, -0.05) is 20.3 Å². The maximum absolute atomic E-state index is 13.1. The summed E-state index contributed by atoms with van der Waals surface area (Å²) in [4.78, 5) is 0. The molecule has 0 aromatic heterocycles. The second kappa shape index (κ2) is 5.03. The van der Waals surface area contributed by atoms with Gasteiger partial charge >= 0.3 is 0 Å². The molecule has 0 amide bonds. The van der Waals surface area contributed by atoms with Crippen molar-refractivity contribution in [1.82, 2.24) is 0 Å². The average Bonchev–Trinajstić information content (AvgIpc) is 2.22. The summed E-state index contributed by atoms with van der Waals surface area (Å²) in [6.07, 6.45) is 3.49. The summed E-state index contributed by atoms with van der Waals surface area (Å²) in [5, 5.41) is 3.26. The van der Waals surface area contributed by atoms with Gasteiger partial charge < -0.3 is 5.32 Å². The largest absolute Gasteiger partial charge is 0.382 e. The molecule has 1 aromatic carbocycles. The lowest BCUT2D eigenvalue weighted by Crippen LogP contribution is -2.33. The van der Waals surface area contributed by atoms with E-state index in [2.05, 4.69) is 19.2 Å². The van der Waals surface area contributed by atoms with E-state index < -0.39 is 11.6 Å². The van der Waals surface area contributed by atoms with E-state index in [1.54, 1.807) is 0 Å². The van der Waals surface area contributed by atoms with Crippen LogP contribution in [-0.4, -0.2) is 6.04 Å². The highest BCUT2D eigenvalue weighted by Crippen LogP contribution is 2.30. The zero-order valence-corrected chi connectivity index (χ0v) is 10.3. The van der Waals surface area contributed by atoms with Gasteiger partial charge in [0.1, 0.15) is 11.6 Å². The van der Waals surface area contributed by atoms with Crippen LogP contribution in [0.15, 0.2) is 18.2 Å². The summed E-state index contributed by atoms with van der Waals surface area (Å²) in [7, 11) is 0. The van der Waals surface area contributed by atoms with Crippen LogP contribution in [0.5, 0.6) is 0 Å². The fourth-order valence-corrected chi connectivity index (χ4v) is 2.58. The number of halogens is 2. The van der Waals surface area contributed by atoms with E-state index in [0.29, 0.717) is 23.6 Å². The van der Waals surface area contributed by atoms with Gasteiger partial charge in [0.05, 0.1) is 0 Å². The normalized spacial score (nSPS) is 29.1. The van der Waals surface area contributed by atoms with E-state index in [9.17, 15) is 8.78 Å². The standard InChI is InChI=1S/C14H19F2N/c1-9-3-4-10(2)14(5-9)17-13-7-11(15)6-12(16)8-13/h6-10,14,17H,3-5H2,1-2H3. The molecule has 3 unspecified atom stereocenters. The van der Waals surface area contributed by atoms with Gasteiger partial charge in [-0.2, -0.15) is 0 Å². The van der Waals surface area contributed by atoms with Crippen molar-refractivity contribution in [2.24, 2.45) is 11.8 Å².